The molecule has 2 aromatic rings. The largest absolute Gasteiger partial charge is 0.352 e. The number of thioether (sulfide) groups is 1. The zero-order chi connectivity index (χ0) is 17.4. The molecule has 2 N–H and O–H groups in total. The molecule has 0 atom stereocenters. The summed E-state index contributed by atoms with van der Waals surface area (Å²) < 4.78 is 24.9. The molecule has 0 aliphatic heterocycles. The molecule has 0 aliphatic rings. The van der Waals surface area contributed by atoms with Gasteiger partial charge in [-0.15, -0.1) is 11.8 Å². The van der Waals surface area contributed by atoms with E-state index in [9.17, 15) is 13.2 Å². The fourth-order valence-electron chi connectivity index (χ4n) is 2.03. The maximum Gasteiger partial charge on any atom is 0.229 e. The first-order chi connectivity index (χ1) is 11.4. The van der Waals surface area contributed by atoms with Gasteiger partial charge in [-0.3, -0.25) is 9.52 Å². The lowest BCUT2D eigenvalue weighted by Gasteiger charge is -2.08. The van der Waals surface area contributed by atoms with E-state index in [1.165, 1.54) is 0 Å². The molecule has 1 amide bonds. The Morgan fingerprint density at radius 2 is 1.83 bits per heavy atom. The Bertz CT molecular complexity index is 777. The Morgan fingerprint density at radius 1 is 1.08 bits per heavy atom. The van der Waals surface area contributed by atoms with E-state index in [1.54, 1.807) is 30.0 Å². The summed E-state index contributed by atoms with van der Waals surface area (Å²) >= 11 is 1.64. The first-order valence-corrected chi connectivity index (χ1v) is 10.3. The van der Waals surface area contributed by atoms with Gasteiger partial charge in [0, 0.05) is 29.3 Å². The topological polar surface area (TPSA) is 75.3 Å². The summed E-state index contributed by atoms with van der Waals surface area (Å²) in [6, 6.07) is 16.9. The van der Waals surface area contributed by atoms with E-state index in [1.807, 2.05) is 36.4 Å². The lowest BCUT2D eigenvalue weighted by Crippen LogP contribution is -2.23. The number of sulfonamides is 1. The number of anilines is 1. The van der Waals surface area contributed by atoms with Crippen molar-refractivity contribution in [3.05, 3.63) is 60.2 Å². The molecule has 0 unspecified atom stereocenters. The van der Waals surface area contributed by atoms with E-state index in [0.717, 1.165) is 16.7 Å². The van der Waals surface area contributed by atoms with Gasteiger partial charge in [0.2, 0.25) is 15.9 Å². The predicted molar refractivity (Wildman–Crippen MR) is 98.5 cm³/mol. The van der Waals surface area contributed by atoms with Crippen LogP contribution in [0.4, 0.5) is 5.69 Å². The van der Waals surface area contributed by atoms with E-state index >= 15 is 0 Å². The molecule has 7 heteroatoms. The summed E-state index contributed by atoms with van der Waals surface area (Å²) in [7, 11) is -3.30. The molecule has 0 radical (unpaired) electrons. The number of carbonyl (C=O) groups excluding carboxylic acids is 1. The van der Waals surface area contributed by atoms with E-state index in [0.29, 0.717) is 24.4 Å². The summed E-state index contributed by atoms with van der Waals surface area (Å²) in [5.74, 6) is 0.686. The highest BCUT2D eigenvalue weighted by molar-refractivity contribution is 7.99. The molecule has 2 rings (SSSR count). The number of rotatable bonds is 8. The van der Waals surface area contributed by atoms with Crippen molar-refractivity contribution in [2.24, 2.45) is 0 Å². The van der Waals surface area contributed by atoms with E-state index in [-0.39, 0.29) is 5.91 Å². The van der Waals surface area contributed by atoms with Gasteiger partial charge in [-0.1, -0.05) is 30.3 Å². The third kappa shape index (κ3) is 7.06. The van der Waals surface area contributed by atoms with Crippen LogP contribution in [0.1, 0.15) is 12.0 Å². The number of hydrogen-bond donors (Lipinski definition) is 2. The van der Waals surface area contributed by atoms with Crippen LogP contribution < -0.4 is 10.0 Å². The average molecular weight is 364 g/mol. The standard InChI is InChI=1S/C17H20N2O3S2/c1-24(21,22)19-15-7-5-6-14(12-15)13-18-17(20)10-11-23-16-8-3-2-4-9-16/h2-9,12,19H,10-11,13H2,1H3,(H,18,20). The Labute approximate surface area is 146 Å². The SMILES string of the molecule is CS(=O)(=O)Nc1cccc(CNC(=O)CCSc2ccccc2)c1. The summed E-state index contributed by atoms with van der Waals surface area (Å²) in [6.45, 7) is 0.369. The molecular formula is C17H20N2O3S2. The Balaban J connectivity index is 1.76. The molecule has 0 saturated heterocycles. The maximum atomic E-state index is 11.9. The molecule has 0 saturated carbocycles. The third-order valence-corrected chi connectivity index (χ3v) is 4.68. The van der Waals surface area contributed by atoms with Crippen molar-refractivity contribution in [1.29, 1.82) is 0 Å². The van der Waals surface area contributed by atoms with Gasteiger partial charge >= 0.3 is 0 Å². The van der Waals surface area contributed by atoms with Gasteiger partial charge in [0.05, 0.1) is 6.26 Å². The van der Waals surface area contributed by atoms with Crippen molar-refractivity contribution < 1.29 is 13.2 Å². The minimum Gasteiger partial charge on any atom is -0.352 e. The second-order valence-electron chi connectivity index (χ2n) is 5.26. The van der Waals surface area contributed by atoms with Crippen LogP contribution in [0.3, 0.4) is 0 Å². The average Bonchev–Trinajstić information content (AvgIpc) is 2.53. The van der Waals surface area contributed by atoms with Crippen LogP contribution >= 0.6 is 11.8 Å². The van der Waals surface area contributed by atoms with Crippen LogP contribution in [0.2, 0.25) is 0 Å². The first kappa shape index (κ1) is 18.4. The van der Waals surface area contributed by atoms with E-state index < -0.39 is 10.0 Å². The number of benzene rings is 2. The van der Waals surface area contributed by atoms with Crippen molar-refractivity contribution >= 4 is 33.4 Å². The van der Waals surface area contributed by atoms with Crippen molar-refractivity contribution in [3.63, 3.8) is 0 Å². The summed E-state index contributed by atoms with van der Waals surface area (Å²) in [5.41, 5.74) is 1.33. The molecule has 0 heterocycles. The molecule has 0 bridgehead atoms. The van der Waals surface area contributed by atoms with Crippen molar-refractivity contribution in [2.75, 3.05) is 16.7 Å². The summed E-state index contributed by atoms with van der Waals surface area (Å²) in [5, 5.41) is 2.85. The summed E-state index contributed by atoms with van der Waals surface area (Å²) in [6.07, 6.45) is 1.53. The molecule has 0 fully saturated rings. The quantitative estimate of drug-likeness (QED) is 0.706. The fraction of sp³-hybridized carbons (Fsp3) is 0.235. The Kier molecular flexibility index (Phi) is 6.69. The molecule has 24 heavy (non-hydrogen) atoms. The number of carbonyl (C=O) groups is 1. The first-order valence-electron chi connectivity index (χ1n) is 7.44. The second kappa shape index (κ2) is 8.75. The van der Waals surface area contributed by atoms with Crippen LogP contribution in [-0.2, 0) is 21.4 Å². The molecule has 0 spiro atoms. The maximum absolute atomic E-state index is 11.9. The second-order valence-corrected chi connectivity index (χ2v) is 8.18. The monoisotopic (exact) mass is 364 g/mol. The van der Waals surface area contributed by atoms with Gasteiger partial charge in [-0.2, -0.15) is 0 Å². The van der Waals surface area contributed by atoms with Crippen LogP contribution in [0.15, 0.2) is 59.5 Å². The minimum absolute atomic E-state index is 0.0279. The highest BCUT2D eigenvalue weighted by Gasteiger charge is 2.05. The highest BCUT2D eigenvalue weighted by Crippen LogP contribution is 2.17. The van der Waals surface area contributed by atoms with E-state index in [4.69, 9.17) is 0 Å². The lowest BCUT2D eigenvalue weighted by molar-refractivity contribution is -0.120. The highest BCUT2D eigenvalue weighted by atomic mass is 32.2. The number of hydrogen-bond acceptors (Lipinski definition) is 4. The number of amides is 1. The third-order valence-electron chi connectivity index (χ3n) is 3.06. The van der Waals surface area contributed by atoms with Crippen LogP contribution in [0.5, 0.6) is 0 Å². The van der Waals surface area contributed by atoms with Crippen LogP contribution in [0.25, 0.3) is 0 Å². The zero-order valence-electron chi connectivity index (χ0n) is 13.4. The fourth-order valence-corrected chi connectivity index (χ4v) is 3.45. The molecule has 2 aromatic carbocycles. The Morgan fingerprint density at radius 3 is 2.54 bits per heavy atom. The molecule has 5 nitrogen and oxygen atoms in total. The van der Waals surface area contributed by atoms with Gasteiger partial charge in [0.1, 0.15) is 0 Å². The van der Waals surface area contributed by atoms with Gasteiger partial charge in [-0.25, -0.2) is 8.42 Å². The van der Waals surface area contributed by atoms with Gasteiger partial charge in [0.15, 0.2) is 0 Å². The molecular weight excluding hydrogens is 344 g/mol. The zero-order valence-corrected chi connectivity index (χ0v) is 15.0. The smallest absolute Gasteiger partial charge is 0.229 e. The predicted octanol–water partition coefficient (Wildman–Crippen LogP) is 2.86. The van der Waals surface area contributed by atoms with E-state index in [2.05, 4.69) is 10.0 Å². The number of nitrogens with one attached hydrogen (secondary N) is 2. The van der Waals surface area contributed by atoms with Gasteiger partial charge < -0.3 is 5.32 Å². The molecule has 128 valence electrons. The normalized spacial score (nSPS) is 11.0. The van der Waals surface area contributed by atoms with Crippen molar-refractivity contribution in [3.8, 4) is 0 Å². The minimum atomic E-state index is -3.30. The molecule has 0 aliphatic carbocycles. The van der Waals surface area contributed by atoms with Crippen molar-refractivity contribution in [1.82, 2.24) is 5.32 Å². The lowest BCUT2D eigenvalue weighted by atomic mass is 10.2. The van der Waals surface area contributed by atoms with Crippen molar-refractivity contribution in [2.45, 2.75) is 17.9 Å². The Hall–Kier alpha value is -1.99. The van der Waals surface area contributed by atoms with Crippen LogP contribution in [0, 0.1) is 0 Å². The van der Waals surface area contributed by atoms with Crippen LogP contribution in [-0.4, -0.2) is 26.3 Å². The summed E-state index contributed by atoms with van der Waals surface area (Å²) in [4.78, 5) is 13.0. The van der Waals surface area contributed by atoms with Gasteiger partial charge in [0.25, 0.3) is 0 Å². The molecule has 0 aromatic heterocycles. The van der Waals surface area contributed by atoms with Gasteiger partial charge in [-0.05, 0) is 29.8 Å².